The van der Waals surface area contributed by atoms with E-state index in [0.29, 0.717) is 29.7 Å². The molecule has 0 saturated carbocycles. The van der Waals surface area contributed by atoms with Gasteiger partial charge in [0, 0.05) is 0 Å². The van der Waals surface area contributed by atoms with Crippen LogP contribution in [-0.4, -0.2) is 36.3 Å². The van der Waals surface area contributed by atoms with Gasteiger partial charge in [0.1, 0.15) is 0 Å². The monoisotopic (exact) mass is 439 g/mol. The van der Waals surface area contributed by atoms with Gasteiger partial charge in [-0.15, -0.1) is 5.10 Å². The number of carbonyl (C=O) groups is 1. The SMILES string of the molecule is CCCCOc1ccc(C=NN=C2NC(=O)C(Cc3ccc(CC)cc3)S2)cc1OC. The summed E-state index contributed by atoms with van der Waals surface area (Å²) in [5.74, 6) is 1.34. The van der Waals surface area contributed by atoms with Crippen LogP contribution in [0.15, 0.2) is 52.7 Å². The largest absolute Gasteiger partial charge is 0.493 e. The second kappa shape index (κ2) is 11.6. The van der Waals surface area contributed by atoms with Gasteiger partial charge < -0.3 is 14.8 Å². The quantitative estimate of drug-likeness (QED) is 0.334. The van der Waals surface area contributed by atoms with Gasteiger partial charge in [-0.3, -0.25) is 4.79 Å². The molecule has 1 fully saturated rings. The third kappa shape index (κ3) is 6.59. The number of nitrogens with one attached hydrogen (secondary N) is 1. The van der Waals surface area contributed by atoms with Crippen LogP contribution in [0.2, 0.25) is 0 Å². The zero-order valence-electron chi connectivity index (χ0n) is 18.3. The maximum absolute atomic E-state index is 12.3. The van der Waals surface area contributed by atoms with Crippen molar-refractivity contribution in [2.24, 2.45) is 10.2 Å². The predicted octanol–water partition coefficient (Wildman–Crippen LogP) is 4.60. The van der Waals surface area contributed by atoms with Gasteiger partial charge in [-0.1, -0.05) is 56.3 Å². The van der Waals surface area contributed by atoms with E-state index >= 15 is 0 Å². The van der Waals surface area contributed by atoms with Gasteiger partial charge >= 0.3 is 0 Å². The molecule has 0 bridgehead atoms. The third-order valence-corrected chi connectivity index (χ3v) is 6.00. The van der Waals surface area contributed by atoms with E-state index in [-0.39, 0.29) is 11.2 Å². The maximum Gasteiger partial charge on any atom is 0.239 e. The molecule has 31 heavy (non-hydrogen) atoms. The second-order valence-corrected chi connectivity index (χ2v) is 8.42. The van der Waals surface area contributed by atoms with Crippen molar-refractivity contribution in [2.75, 3.05) is 13.7 Å². The molecule has 1 heterocycles. The first-order valence-corrected chi connectivity index (χ1v) is 11.5. The molecule has 7 heteroatoms. The van der Waals surface area contributed by atoms with Crippen LogP contribution in [0.1, 0.15) is 43.4 Å². The lowest BCUT2D eigenvalue weighted by Crippen LogP contribution is -2.25. The number of amides is 1. The fourth-order valence-electron chi connectivity index (χ4n) is 3.07. The summed E-state index contributed by atoms with van der Waals surface area (Å²) < 4.78 is 11.2. The molecule has 1 N–H and O–H groups in total. The molecule has 1 amide bonds. The Kier molecular flexibility index (Phi) is 8.53. The molecule has 0 radical (unpaired) electrons. The van der Waals surface area contributed by atoms with Gasteiger partial charge in [0.2, 0.25) is 5.91 Å². The van der Waals surface area contributed by atoms with E-state index in [1.165, 1.54) is 17.3 Å². The molecular formula is C24H29N3O3S. The van der Waals surface area contributed by atoms with Crippen LogP contribution in [0.4, 0.5) is 0 Å². The number of ether oxygens (including phenoxy) is 2. The third-order valence-electron chi connectivity index (χ3n) is 4.93. The number of thioether (sulfide) groups is 1. The normalized spacial score (nSPS) is 17.3. The molecule has 164 valence electrons. The van der Waals surface area contributed by atoms with E-state index in [9.17, 15) is 4.79 Å². The van der Waals surface area contributed by atoms with E-state index in [4.69, 9.17) is 9.47 Å². The van der Waals surface area contributed by atoms with Crippen molar-refractivity contribution in [3.8, 4) is 11.5 Å². The Morgan fingerprint density at radius 2 is 1.87 bits per heavy atom. The van der Waals surface area contributed by atoms with Crippen molar-refractivity contribution in [1.29, 1.82) is 0 Å². The van der Waals surface area contributed by atoms with Crippen LogP contribution in [-0.2, 0) is 17.6 Å². The molecule has 2 aromatic carbocycles. The highest BCUT2D eigenvalue weighted by atomic mass is 32.2. The maximum atomic E-state index is 12.3. The van der Waals surface area contributed by atoms with Crippen molar-refractivity contribution in [1.82, 2.24) is 5.32 Å². The summed E-state index contributed by atoms with van der Waals surface area (Å²) in [6.07, 6.45) is 5.38. The summed E-state index contributed by atoms with van der Waals surface area (Å²) in [6, 6.07) is 14.0. The van der Waals surface area contributed by atoms with Gasteiger partial charge in [-0.2, -0.15) is 5.10 Å². The van der Waals surface area contributed by atoms with E-state index in [1.54, 1.807) is 13.3 Å². The number of unbranched alkanes of at least 4 members (excludes halogenated alkanes) is 1. The first-order valence-electron chi connectivity index (χ1n) is 10.6. The number of carbonyl (C=O) groups excluding carboxylic acids is 1. The molecular weight excluding hydrogens is 410 g/mol. The highest BCUT2D eigenvalue weighted by Crippen LogP contribution is 2.28. The average Bonchev–Trinajstić information content (AvgIpc) is 3.14. The molecule has 0 aliphatic carbocycles. The highest BCUT2D eigenvalue weighted by molar-refractivity contribution is 8.15. The second-order valence-electron chi connectivity index (χ2n) is 7.23. The molecule has 0 spiro atoms. The Morgan fingerprint density at radius 1 is 1.10 bits per heavy atom. The van der Waals surface area contributed by atoms with Crippen LogP contribution < -0.4 is 14.8 Å². The summed E-state index contributed by atoms with van der Waals surface area (Å²) in [5.41, 5.74) is 3.27. The predicted molar refractivity (Wildman–Crippen MR) is 127 cm³/mol. The zero-order valence-corrected chi connectivity index (χ0v) is 19.1. The van der Waals surface area contributed by atoms with Crippen LogP contribution in [0.25, 0.3) is 0 Å². The fourth-order valence-corrected chi connectivity index (χ4v) is 4.03. The number of hydrogen-bond donors (Lipinski definition) is 1. The first-order chi connectivity index (χ1) is 15.1. The topological polar surface area (TPSA) is 72.3 Å². The number of methoxy groups -OCH3 is 1. The van der Waals surface area contributed by atoms with Gasteiger partial charge in [-0.05, 0) is 54.2 Å². The van der Waals surface area contributed by atoms with Crippen molar-refractivity contribution in [3.63, 3.8) is 0 Å². The van der Waals surface area contributed by atoms with Crippen LogP contribution >= 0.6 is 11.8 Å². The fraction of sp³-hybridized carbons (Fsp3) is 0.375. The molecule has 1 aliphatic heterocycles. The minimum atomic E-state index is -0.193. The van der Waals surface area contributed by atoms with Crippen molar-refractivity contribution in [2.45, 2.75) is 44.8 Å². The lowest BCUT2D eigenvalue weighted by atomic mass is 10.1. The Balaban J connectivity index is 1.59. The lowest BCUT2D eigenvalue weighted by Gasteiger charge is -2.10. The average molecular weight is 440 g/mol. The van der Waals surface area contributed by atoms with Gasteiger partial charge in [-0.25, -0.2) is 0 Å². The zero-order chi connectivity index (χ0) is 22.1. The van der Waals surface area contributed by atoms with Gasteiger partial charge in [0.05, 0.1) is 25.2 Å². The highest BCUT2D eigenvalue weighted by Gasteiger charge is 2.30. The molecule has 3 rings (SSSR count). The van der Waals surface area contributed by atoms with Crippen molar-refractivity contribution in [3.05, 3.63) is 59.2 Å². The van der Waals surface area contributed by atoms with E-state index in [2.05, 4.69) is 53.6 Å². The molecule has 1 aliphatic rings. The summed E-state index contributed by atoms with van der Waals surface area (Å²) in [4.78, 5) is 12.3. The summed E-state index contributed by atoms with van der Waals surface area (Å²) in [5, 5.41) is 11.4. The summed E-state index contributed by atoms with van der Waals surface area (Å²) in [7, 11) is 1.61. The minimum absolute atomic E-state index is 0.0335. The number of aryl methyl sites for hydroxylation is 1. The van der Waals surface area contributed by atoms with Crippen LogP contribution in [0.3, 0.4) is 0 Å². The number of rotatable bonds is 10. The molecule has 1 unspecified atom stereocenters. The Bertz CT molecular complexity index is 942. The Labute approximate surface area is 188 Å². The van der Waals surface area contributed by atoms with Crippen molar-refractivity contribution >= 4 is 29.1 Å². The van der Waals surface area contributed by atoms with Gasteiger partial charge in [0.15, 0.2) is 16.7 Å². The number of benzene rings is 2. The smallest absolute Gasteiger partial charge is 0.239 e. The molecule has 6 nitrogen and oxygen atoms in total. The molecule has 0 aromatic heterocycles. The van der Waals surface area contributed by atoms with E-state index in [1.807, 2.05) is 18.2 Å². The standard InChI is InChI=1S/C24H29N3O3S/c1-4-6-13-30-20-12-11-19(14-21(20)29-3)16-25-27-24-26-23(28)22(31-24)15-18-9-7-17(5-2)8-10-18/h7-12,14,16,22H,4-6,13,15H2,1-3H3,(H,26,27,28). The van der Waals surface area contributed by atoms with Crippen LogP contribution in [0.5, 0.6) is 11.5 Å². The minimum Gasteiger partial charge on any atom is -0.493 e. The Hall–Kier alpha value is -2.80. The van der Waals surface area contributed by atoms with E-state index < -0.39 is 0 Å². The lowest BCUT2D eigenvalue weighted by molar-refractivity contribution is -0.118. The number of amidine groups is 1. The Morgan fingerprint density at radius 3 is 2.58 bits per heavy atom. The molecule has 1 atom stereocenters. The number of hydrogen-bond acceptors (Lipinski definition) is 6. The van der Waals surface area contributed by atoms with Crippen LogP contribution in [0, 0.1) is 0 Å². The van der Waals surface area contributed by atoms with E-state index in [0.717, 1.165) is 30.4 Å². The molecule has 2 aromatic rings. The van der Waals surface area contributed by atoms with Crippen molar-refractivity contribution < 1.29 is 14.3 Å². The summed E-state index contributed by atoms with van der Waals surface area (Å²) >= 11 is 1.41. The summed E-state index contributed by atoms with van der Waals surface area (Å²) in [6.45, 7) is 4.91. The first kappa shape index (κ1) is 22.9. The van der Waals surface area contributed by atoms with Gasteiger partial charge in [0.25, 0.3) is 0 Å². The molecule has 1 saturated heterocycles. The number of nitrogens with zero attached hydrogens (tertiary/aromatic N) is 2.